The molecule has 10 heteroatoms. The summed E-state index contributed by atoms with van der Waals surface area (Å²) in [5, 5.41) is 5.02. The second kappa shape index (κ2) is 10.4. The third kappa shape index (κ3) is 4.78. The van der Waals surface area contributed by atoms with Gasteiger partial charge in [0.05, 0.1) is 23.3 Å². The van der Waals surface area contributed by atoms with Crippen LogP contribution in [0.4, 0.5) is 4.79 Å². The quantitative estimate of drug-likeness (QED) is 0.359. The molecule has 0 aliphatic carbocycles. The number of nitrogens with two attached hydrogens (primary N) is 1. The predicted molar refractivity (Wildman–Crippen MR) is 151 cm³/mol. The number of aromatic amines is 1. The van der Waals surface area contributed by atoms with Crippen LogP contribution in [0.2, 0.25) is 0 Å². The topological polar surface area (TPSA) is 105 Å². The van der Waals surface area contributed by atoms with Crippen molar-refractivity contribution in [2.45, 2.75) is 44.8 Å². The predicted octanol–water partition coefficient (Wildman–Crippen LogP) is 4.12. The molecular formula is C28H32BrN7O2. The Kier molecular flexibility index (Phi) is 6.84. The maximum Gasteiger partial charge on any atom is 0.326 e. The Labute approximate surface area is 229 Å². The highest BCUT2D eigenvalue weighted by molar-refractivity contribution is 9.10. The molecule has 3 N–H and O–H groups in total. The van der Waals surface area contributed by atoms with Crippen molar-refractivity contribution in [1.29, 1.82) is 0 Å². The van der Waals surface area contributed by atoms with Gasteiger partial charge in [0.25, 0.3) is 0 Å². The number of urea groups is 1. The van der Waals surface area contributed by atoms with Gasteiger partial charge in [-0.2, -0.15) is 5.10 Å². The first-order chi connectivity index (χ1) is 18.5. The van der Waals surface area contributed by atoms with Crippen molar-refractivity contribution in [3.05, 3.63) is 74.7 Å². The Morgan fingerprint density at radius 2 is 1.82 bits per heavy atom. The molecule has 0 radical (unpaired) electrons. The van der Waals surface area contributed by atoms with Crippen molar-refractivity contribution in [1.82, 2.24) is 29.1 Å². The lowest BCUT2D eigenvalue weighted by molar-refractivity contribution is 0.181. The lowest BCUT2D eigenvalue weighted by atomic mass is 10.0. The zero-order valence-corrected chi connectivity index (χ0v) is 22.9. The minimum Gasteiger partial charge on any atom is -0.351 e. The molecule has 38 heavy (non-hydrogen) atoms. The molecule has 2 aliphatic rings. The molecular weight excluding hydrogens is 546 g/mol. The monoisotopic (exact) mass is 577 g/mol. The maximum atomic E-state index is 12.6. The molecule has 2 aromatic heterocycles. The average molecular weight is 579 g/mol. The smallest absolute Gasteiger partial charge is 0.326 e. The van der Waals surface area contributed by atoms with Gasteiger partial charge in [-0.3, -0.25) is 9.25 Å². The molecule has 4 heterocycles. The molecule has 1 saturated heterocycles. The number of para-hydroxylation sites is 2. The number of piperidine rings is 1. The van der Waals surface area contributed by atoms with E-state index in [0.717, 1.165) is 84.2 Å². The van der Waals surface area contributed by atoms with Crippen molar-refractivity contribution in [3.8, 4) is 11.3 Å². The van der Waals surface area contributed by atoms with E-state index in [1.165, 1.54) is 5.69 Å². The number of aromatic nitrogens is 4. The van der Waals surface area contributed by atoms with Gasteiger partial charge in [-0.1, -0.05) is 40.2 Å². The number of nitrogens with zero attached hydrogens (tertiary/aromatic N) is 5. The summed E-state index contributed by atoms with van der Waals surface area (Å²) in [7, 11) is 0. The molecule has 2 amide bonds. The largest absolute Gasteiger partial charge is 0.351 e. The van der Waals surface area contributed by atoms with Gasteiger partial charge in [-0.05, 0) is 50.1 Å². The number of benzene rings is 2. The van der Waals surface area contributed by atoms with E-state index >= 15 is 0 Å². The van der Waals surface area contributed by atoms with Gasteiger partial charge in [-0.25, -0.2) is 9.59 Å². The van der Waals surface area contributed by atoms with Crippen LogP contribution in [0.5, 0.6) is 0 Å². The number of halogens is 1. The summed E-state index contributed by atoms with van der Waals surface area (Å²) < 4.78 is 5.11. The Bertz CT molecular complexity index is 1510. The van der Waals surface area contributed by atoms with Crippen LogP contribution in [-0.4, -0.2) is 61.3 Å². The van der Waals surface area contributed by atoms with Crippen molar-refractivity contribution in [2.75, 3.05) is 26.2 Å². The second-order valence-corrected chi connectivity index (χ2v) is 11.2. The van der Waals surface area contributed by atoms with Crippen LogP contribution < -0.4 is 11.4 Å². The third-order valence-corrected chi connectivity index (χ3v) is 8.48. The van der Waals surface area contributed by atoms with Crippen LogP contribution in [-0.2, 0) is 19.5 Å². The van der Waals surface area contributed by atoms with E-state index in [1.54, 1.807) is 4.90 Å². The molecule has 198 valence electrons. The van der Waals surface area contributed by atoms with Crippen molar-refractivity contribution in [2.24, 2.45) is 5.73 Å². The Hall–Kier alpha value is -3.37. The Morgan fingerprint density at radius 1 is 1.05 bits per heavy atom. The van der Waals surface area contributed by atoms with Crippen LogP contribution in [0.15, 0.2) is 57.8 Å². The van der Waals surface area contributed by atoms with Crippen molar-refractivity contribution >= 4 is 33.0 Å². The molecule has 0 atom stereocenters. The fourth-order valence-corrected chi connectivity index (χ4v) is 6.25. The van der Waals surface area contributed by atoms with Crippen LogP contribution in [0.3, 0.4) is 0 Å². The molecule has 0 saturated carbocycles. The number of hydrogen-bond acceptors (Lipinski definition) is 4. The Morgan fingerprint density at radius 3 is 2.58 bits per heavy atom. The number of rotatable bonds is 6. The van der Waals surface area contributed by atoms with E-state index in [0.29, 0.717) is 13.1 Å². The Balaban J connectivity index is 1.11. The van der Waals surface area contributed by atoms with E-state index in [2.05, 4.69) is 42.6 Å². The second-order valence-electron chi connectivity index (χ2n) is 10.3. The fraction of sp³-hybridized carbons (Fsp3) is 0.393. The number of likely N-dealkylation sites (tertiary alicyclic amines) is 1. The molecule has 2 aliphatic heterocycles. The molecule has 4 aromatic rings. The number of hydrogen-bond donors (Lipinski definition) is 2. The van der Waals surface area contributed by atoms with E-state index in [-0.39, 0.29) is 17.8 Å². The van der Waals surface area contributed by atoms with Gasteiger partial charge in [0.1, 0.15) is 0 Å². The van der Waals surface area contributed by atoms with E-state index in [9.17, 15) is 9.59 Å². The number of fused-ring (bicyclic) bond motifs is 2. The summed E-state index contributed by atoms with van der Waals surface area (Å²) in [5.41, 5.74) is 11.8. The minimum atomic E-state index is -0.386. The number of nitrogens with one attached hydrogen (secondary N) is 1. The van der Waals surface area contributed by atoms with Gasteiger partial charge < -0.3 is 20.5 Å². The number of primary amides is 1. The average Bonchev–Trinajstić information content (AvgIpc) is 3.46. The SMILES string of the molecule is NC(=O)N1CCc2c(c(-c3ccc(Br)cc3)nn2CCCN2CCC(n3c(=O)[nH]c4ccccc43)CC2)C1. The molecule has 9 nitrogen and oxygen atoms in total. The standard InChI is InChI=1S/C28H32BrN7O2/c29-20-8-6-19(7-9-20)26-22-18-34(27(30)37)17-12-24(22)35(32-26)14-3-13-33-15-10-21(11-16-33)36-25-5-2-1-4-23(25)31-28(36)38/h1-2,4-9,21H,3,10-18H2,(H2,30,37)(H,31,38). The number of amides is 2. The first kappa shape index (κ1) is 24.9. The molecule has 0 bridgehead atoms. The van der Waals surface area contributed by atoms with Crippen LogP contribution in [0, 0.1) is 0 Å². The summed E-state index contributed by atoms with van der Waals surface area (Å²) in [6.07, 6.45) is 3.68. The molecule has 0 unspecified atom stereocenters. The number of aryl methyl sites for hydroxylation is 1. The molecule has 6 rings (SSSR count). The summed E-state index contributed by atoms with van der Waals surface area (Å²) in [5.74, 6) is 0. The summed E-state index contributed by atoms with van der Waals surface area (Å²) in [6.45, 7) is 4.89. The fourth-order valence-electron chi connectivity index (χ4n) is 5.99. The van der Waals surface area contributed by atoms with Crippen LogP contribution >= 0.6 is 15.9 Å². The lowest BCUT2D eigenvalue weighted by Gasteiger charge is -2.32. The summed E-state index contributed by atoms with van der Waals surface area (Å²) in [4.78, 5) is 31.7. The molecule has 2 aromatic carbocycles. The zero-order valence-electron chi connectivity index (χ0n) is 21.3. The molecule has 1 fully saturated rings. The highest BCUT2D eigenvalue weighted by atomic mass is 79.9. The van der Waals surface area contributed by atoms with Gasteiger partial charge >= 0.3 is 11.7 Å². The van der Waals surface area contributed by atoms with Crippen LogP contribution in [0.25, 0.3) is 22.3 Å². The van der Waals surface area contributed by atoms with Gasteiger partial charge in [0.2, 0.25) is 0 Å². The highest BCUT2D eigenvalue weighted by Gasteiger charge is 2.28. The minimum absolute atomic E-state index is 0.00964. The van der Waals surface area contributed by atoms with E-state index < -0.39 is 0 Å². The highest BCUT2D eigenvalue weighted by Crippen LogP contribution is 2.31. The van der Waals surface area contributed by atoms with Gasteiger partial charge in [-0.15, -0.1) is 0 Å². The first-order valence-corrected chi connectivity index (χ1v) is 14.1. The van der Waals surface area contributed by atoms with Gasteiger partial charge in [0, 0.05) is 59.9 Å². The van der Waals surface area contributed by atoms with Crippen molar-refractivity contribution < 1.29 is 4.79 Å². The molecule has 0 spiro atoms. The third-order valence-electron chi connectivity index (χ3n) is 7.95. The number of imidazole rings is 1. The van der Waals surface area contributed by atoms with Gasteiger partial charge in [0.15, 0.2) is 0 Å². The normalized spacial score (nSPS) is 16.7. The van der Waals surface area contributed by atoms with E-state index in [4.69, 9.17) is 10.8 Å². The summed E-state index contributed by atoms with van der Waals surface area (Å²) >= 11 is 3.51. The van der Waals surface area contributed by atoms with Crippen molar-refractivity contribution in [3.63, 3.8) is 0 Å². The zero-order chi connectivity index (χ0) is 26.2. The first-order valence-electron chi connectivity index (χ1n) is 13.3. The summed E-state index contributed by atoms with van der Waals surface area (Å²) in [6, 6.07) is 15.9. The number of carbonyl (C=O) groups excluding carboxylic acids is 1. The maximum absolute atomic E-state index is 12.6. The van der Waals surface area contributed by atoms with E-state index in [1.807, 2.05) is 41.0 Å². The van der Waals surface area contributed by atoms with Crippen LogP contribution in [0.1, 0.15) is 36.6 Å². The lowest BCUT2D eigenvalue weighted by Crippen LogP contribution is -2.40. The number of carbonyl (C=O) groups is 1. The number of H-pyrrole nitrogens is 1.